The fraction of sp³-hybridized carbons (Fsp3) is 0.222. The summed E-state index contributed by atoms with van der Waals surface area (Å²) in [7, 11) is -3.81. The smallest absolute Gasteiger partial charge is 0.248 e. The number of hydrogen-bond acceptors (Lipinski definition) is 4. The third-order valence-electron chi connectivity index (χ3n) is 3.85. The summed E-state index contributed by atoms with van der Waals surface area (Å²) in [5.41, 5.74) is 6.02. The predicted molar refractivity (Wildman–Crippen MR) is 101 cm³/mol. The molecular weight excluding hydrogens is 373 g/mol. The zero-order chi connectivity index (χ0) is 20.2. The molecule has 0 radical (unpaired) electrons. The van der Waals surface area contributed by atoms with Crippen LogP contribution in [-0.4, -0.2) is 32.5 Å². The van der Waals surface area contributed by atoms with Gasteiger partial charge in [-0.05, 0) is 55.0 Å². The molecule has 0 aromatic heterocycles. The molecule has 27 heavy (non-hydrogen) atoms. The van der Waals surface area contributed by atoms with Crippen molar-refractivity contribution >= 4 is 33.2 Å². The lowest BCUT2D eigenvalue weighted by molar-refractivity contribution is -0.117. The van der Waals surface area contributed by atoms with Crippen LogP contribution in [-0.2, 0) is 14.8 Å². The van der Waals surface area contributed by atoms with E-state index in [0.29, 0.717) is 5.69 Å². The number of benzene rings is 2. The van der Waals surface area contributed by atoms with Crippen LogP contribution < -0.4 is 15.4 Å². The van der Waals surface area contributed by atoms with Gasteiger partial charge in [0.05, 0.1) is 11.9 Å². The summed E-state index contributed by atoms with van der Waals surface area (Å²) in [4.78, 5) is 23.8. The molecule has 0 fully saturated rings. The van der Waals surface area contributed by atoms with Crippen molar-refractivity contribution in [2.24, 2.45) is 5.73 Å². The molecule has 2 amide bonds. The summed E-state index contributed by atoms with van der Waals surface area (Å²) < 4.78 is 38.7. The Morgan fingerprint density at radius 2 is 1.67 bits per heavy atom. The number of nitrogens with two attached hydrogens (primary N) is 1. The van der Waals surface area contributed by atoms with Gasteiger partial charge in [0.15, 0.2) is 0 Å². The van der Waals surface area contributed by atoms with Gasteiger partial charge in [-0.15, -0.1) is 0 Å². The van der Waals surface area contributed by atoms with E-state index in [0.717, 1.165) is 22.7 Å². The van der Waals surface area contributed by atoms with Gasteiger partial charge in [0.25, 0.3) is 0 Å². The first-order valence-electron chi connectivity index (χ1n) is 8.09. The first kappa shape index (κ1) is 20.4. The standard InChI is InChI=1S/C18H20FN3O4S/c1-3-16(18(24)21-14-8-4-12(5-9-14)17(20)23)22(27(2,25)26)15-10-6-13(19)7-11-15/h4-11,16H,3H2,1-2H3,(H2,20,23)(H,21,24)/t16-/m0/s1. The molecule has 0 saturated carbocycles. The second kappa shape index (κ2) is 8.17. The third kappa shape index (κ3) is 5.04. The van der Waals surface area contributed by atoms with E-state index in [4.69, 9.17) is 5.73 Å². The highest BCUT2D eigenvalue weighted by atomic mass is 32.2. The third-order valence-corrected chi connectivity index (χ3v) is 5.03. The Bertz CT molecular complexity index is 928. The summed E-state index contributed by atoms with van der Waals surface area (Å²) >= 11 is 0. The predicted octanol–water partition coefficient (Wildman–Crippen LogP) is 2.11. The molecular formula is C18H20FN3O4S. The highest BCUT2D eigenvalue weighted by Crippen LogP contribution is 2.23. The number of hydrogen-bond donors (Lipinski definition) is 2. The molecule has 1 atom stereocenters. The van der Waals surface area contributed by atoms with Crippen molar-refractivity contribution < 1.29 is 22.4 Å². The lowest BCUT2D eigenvalue weighted by Crippen LogP contribution is -2.47. The normalized spacial score (nSPS) is 12.3. The minimum absolute atomic E-state index is 0.185. The van der Waals surface area contributed by atoms with Crippen LogP contribution in [0.15, 0.2) is 48.5 Å². The number of anilines is 2. The molecule has 3 N–H and O–H groups in total. The lowest BCUT2D eigenvalue weighted by Gasteiger charge is -2.30. The Balaban J connectivity index is 2.31. The van der Waals surface area contributed by atoms with Gasteiger partial charge in [0.1, 0.15) is 11.9 Å². The summed E-state index contributed by atoms with van der Waals surface area (Å²) in [5.74, 6) is -1.67. The van der Waals surface area contributed by atoms with Crippen molar-refractivity contribution in [1.82, 2.24) is 0 Å². The highest BCUT2D eigenvalue weighted by molar-refractivity contribution is 7.92. The number of carbonyl (C=O) groups excluding carboxylic acids is 2. The molecule has 0 spiro atoms. The average molecular weight is 393 g/mol. The zero-order valence-corrected chi connectivity index (χ0v) is 15.7. The number of amides is 2. The maximum Gasteiger partial charge on any atom is 0.248 e. The van der Waals surface area contributed by atoms with Crippen molar-refractivity contribution in [2.45, 2.75) is 19.4 Å². The lowest BCUT2D eigenvalue weighted by atomic mass is 10.1. The van der Waals surface area contributed by atoms with Crippen LogP contribution in [0, 0.1) is 5.82 Å². The summed E-state index contributed by atoms with van der Waals surface area (Å²) in [5, 5.41) is 2.62. The van der Waals surface area contributed by atoms with Gasteiger partial charge >= 0.3 is 0 Å². The monoisotopic (exact) mass is 393 g/mol. The van der Waals surface area contributed by atoms with Crippen molar-refractivity contribution in [2.75, 3.05) is 15.9 Å². The van der Waals surface area contributed by atoms with Crippen molar-refractivity contribution in [3.05, 3.63) is 59.9 Å². The van der Waals surface area contributed by atoms with Crippen LogP contribution >= 0.6 is 0 Å². The van der Waals surface area contributed by atoms with Crippen LogP contribution in [0.1, 0.15) is 23.7 Å². The molecule has 9 heteroatoms. The molecule has 2 rings (SSSR count). The van der Waals surface area contributed by atoms with Crippen molar-refractivity contribution in [3.63, 3.8) is 0 Å². The Labute approximate surface area is 157 Å². The van der Waals surface area contributed by atoms with Gasteiger partial charge in [-0.2, -0.15) is 0 Å². The van der Waals surface area contributed by atoms with Crippen LogP contribution in [0.25, 0.3) is 0 Å². The maximum absolute atomic E-state index is 13.2. The Hall–Kier alpha value is -2.94. The van der Waals surface area contributed by atoms with E-state index in [9.17, 15) is 22.4 Å². The van der Waals surface area contributed by atoms with E-state index >= 15 is 0 Å². The molecule has 0 heterocycles. The van der Waals surface area contributed by atoms with Crippen LogP contribution in [0.2, 0.25) is 0 Å². The summed E-state index contributed by atoms with van der Waals surface area (Å²) in [6, 6.07) is 9.70. The van der Waals surface area contributed by atoms with Crippen molar-refractivity contribution in [3.8, 4) is 0 Å². The Morgan fingerprint density at radius 1 is 1.11 bits per heavy atom. The van der Waals surface area contributed by atoms with Gasteiger partial charge in [0.2, 0.25) is 21.8 Å². The van der Waals surface area contributed by atoms with Gasteiger partial charge in [-0.3, -0.25) is 13.9 Å². The second-order valence-electron chi connectivity index (χ2n) is 5.89. The van der Waals surface area contributed by atoms with Gasteiger partial charge in [0, 0.05) is 11.3 Å². The van der Waals surface area contributed by atoms with E-state index < -0.39 is 33.7 Å². The Morgan fingerprint density at radius 3 is 2.11 bits per heavy atom. The fourth-order valence-corrected chi connectivity index (χ4v) is 3.80. The molecule has 0 unspecified atom stereocenters. The number of rotatable bonds is 7. The fourth-order valence-electron chi connectivity index (χ4n) is 2.59. The zero-order valence-electron chi connectivity index (χ0n) is 14.8. The molecule has 0 aliphatic carbocycles. The van der Waals surface area contributed by atoms with E-state index in [1.807, 2.05) is 0 Å². The van der Waals surface area contributed by atoms with E-state index in [1.54, 1.807) is 6.92 Å². The molecule has 2 aromatic rings. The maximum atomic E-state index is 13.2. The minimum atomic E-state index is -3.81. The molecule has 2 aromatic carbocycles. The van der Waals surface area contributed by atoms with Gasteiger partial charge in [-0.25, -0.2) is 12.8 Å². The largest absolute Gasteiger partial charge is 0.366 e. The molecule has 0 bridgehead atoms. The minimum Gasteiger partial charge on any atom is -0.366 e. The number of nitrogens with one attached hydrogen (secondary N) is 1. The van der Waals surface area contributed by atoms with E-state index in [2.05, 4.69) is 5.32 Å². The van der Waals surface area contributed by atoms with E-state index in [-0.39, 0.29) is 17.7 Å². The highest BCUT2D eigenvalue weighted by Gasteiger charge is 2.31. The SMILES string of the molecule is CC[C@@H](C(=O)Nc1ccc(C(N)=O)cc1)N(c1ccc(F)cc1)S(C)(=O)=O. The van der Waals surface area contributed by atoms with Crippen LogP contribution in [0.4, 0.5) is 15.8 Å². The number of primary amides is 1. The summed E-state index contributed by atoms with van der Waals surface area (Å²) in [6.07, 6.45) is 1.17. The number of nitrogens with zero attached hydrogens (tertiary/aromatic N) is 1. The molecule has 0 saturated heterocycles. The first-order valence-corrected chi connectivity index (χ1v) is 9.94. The van der Waals surface area contributed by atoms with Crippen LogP contribution in [0.5, 0.6) is 0 Å². The first-order chi connectivity index (χ1) is 12.6. The average Bonchev–Trinajstić information content (AvgIpc) is 2.60. The van der Waals surface area contributed by atoms with E-state index in [1.165, 1.54) is 36.4 Å². The second-order valence-corrected chi connectivity index (χ2v) is 7.75. The quantitative estimate of drug-likeness (QED) is 0.751. The molecule has 144 valence electrons. The molecule has 7 nitrogen and oxygen atoms in total. The van der Waals surface area contributed by atoms with Gasteiger partial charge in [-0.1, -0.05) is 6.92 Å². The number of carbonyl (C=O) groups is 2. The molecule has 0 aliphatic heterocycles. The topological polar surface area (TPSA) is 110 Å². The summed E-state index contributed by atoms with van der Waals surface area (Å²) in [6.45, 7) is 1.67. The van der Waals surface area contributed by atoms with Crippen molar-refractivity contribution in [1.29, 1.82) is 0 Å². The van der Waals surface area contributed by atoms with Crippen LogP contribution in [0.3, 0.4) is 0 Å². The Kier molecular flexibility index (Phi) is 6.17. The molecule has 0 aliphatic rings. The van der Waals surface area contributed by atoms with Gasteiger partial charge < -0.3 is 11.1 Å². The number of halogens is 1. The number of sulfonamides is 1.